The number of nitrogen functional groups attached to an aromatic ring is 1. The highest BCUT2D eigenvalue weighted by molar-refractivity contribution is 7.52. The first kappa shape index (κ1) is 25.3. The van der Waals surface area contributed by atoms with Crippen molar-refractivity contribution in [3.8, 4) is 5.75 Å². The molecule has 2 heterocycles. The quantitative estimate of drug-likeness (QED) is 0.459. The van der Waals surface area contributed by atoms with Crippen molar-refractivity contribution in [3.05, 3.63) is 53.1 Å². The van der Waals surface area contributed by atoms with E-state index >= 15 is 4.39 Å². The molecule has 1 aromatic carbocycles. The summed E-state index contributed by atoms with van der Waals surface area (Å²) in [7, 11) is -3.94. The number of rotatable bonds is 9. The van der Waals surface area contributed by atoms with Gasteiger partial charge in [0, 0.05) is 12.2 Å². The molecule has 2 aromatic rings. The van der Waals surface area contributed by atoms with Gasteiger partial charge in [-0.25, -0.2) is 18.8 Å². The van der Waals surface area contributed by atoms with Gasteiger partial charge < -0.3 is 20.1 Å². The molecule has 33 heavy (non-hydrogen) atoms. The van der Waals surface area contributed by atoms with Crippen molar-refractivity contribution in [2.24, 2.45) is 5.92 Å². The highest BCUT2D eigenvalue weighted by Gasteiger charge is 2.55. The summed E-state index contributed by atoms with van der Waals surface area (Å²) in [6, 6.07) is 9.52. The van der Waals surface area contributed by atoms with Gasteiger partial charge in [-0.2, -0.15) is 4.98 Å². The molecule has 0 aliphatic carbocycles. The number of halogens is 1. The third-order valence-electron chi connectivity index (χ3n) is 5.56. The molecule has 0 bridgehead atoms. The lowest BCUT2D eigenvalue weighted by Crippen LogP contribution is -2.43. The standard InChI is InChI=1S/C21H30FN4O6P/c1-13(2)14(3)25-33(29,32-15-8-6-5-7-9-15)30-12-16-18(27)21(4,22)19(31-16)26-11-10-17(23)24-20(26)28/h5-11,13-14,16,18-19,27H,12H2,1-4H3,(H,25,29)(H2,23,24,28)/t14-,16+,18+,19+,21+,33?/m0/s1. The van der Waals surface area contributed by atoms with Crippen molar-refractivity contribution in [1.29, 1.82) is 0 Å². The number of anilines is 1. The third kappa shape index (κ3) is 5.80. The predicted molar refractivity (Wildman–Crippen MR) is 120 cm³/mol. The van der Waals surface area contributed by atoms with Gasteiger partial charge >= 0.3 is 13.4 Å². The first-order valence-electron chi connectivity index (χ1n) is 10.6. The zero-order valence-corrected chi connectivity index (χ0v) is 19.8. The number of nitrogens with zero attached hydrogens (tertiary/aromatic N) is 2. The van der Waals surface area contributed by atoms with Gasteiger partial charge in [-0.1, -0.05) is 32.0 Å². The second-order valence-electron chi connectivity index (χ2n) is 8.52. The number of ether oxygens (including phenoxy) is 1. The molecule has 0 spiro atoms. The van der Waals surface area contributed by atoms with Crippen molar-refractivity contribution >= 4 is 13.6 Å². The van der Waals surface area contributed by atoms with Gasteiger partial charge in [0.15, 0.2) is 11.9 Å². The Balaban J connectivity index is 1.79. The molecule has 0 saturated carbocycles. The maximum Gasteiger partial charge on any atom is 0.459 e. The van der Waals surface area contributed by atoms with Crippen LogP contribution in [-0.4, -0.2) is 45.2 Å². The summed E-state index contributed by atoms with van der Waals surface area (Å²) in [4.78, 5) is 15.7. The number of aliphatic hydroxyl groups is 1. The molecule has 1 fully saturated rings. The Hall–Kier alpha value is -2.30. The predicted octanol–water partition coefficient (Wildman–Crippen LogP) is 2.65. The minimum atomic E-state index is -3.94. The molecule has 3 rings (SSSR count). The molecule has 1 aliphatic heterocycles. The zero-order chi connectivity index (χ0) is 24.4. The van der Waals surface area contributed by atoms with E-state index in [1.807, 2.05) is 20.8 Å². The minimum Gasteiger partial charge on any atom is -0.413 e. The Kier molecular flexibility index (Phi) is 7.60. The van der Waals surface area contributed by atoms with Crippen LogP contribution in [0.15, 0.2) is 47.4 Å². The van der Waals surface area contributed by atoms with Gasteiger partial charge in [-0.3, -0.25) is 9.09 Å². The summed E-state index contributed by atoms with van der Waals surface area (Å²) in [5.74, 6) is 0.391. The Bertz CT molecular complexity index is 1050. The van der Waals surface area contributed by atoms with E-state index in [2.05, 4.69) is 10.1 Å². The molecule has 6 atom stereocenters. The molecule has 0 radical (unpaired) electrons. The largest absolute Gasteiger partial charge is 0.459 e. The number of alkyl halides is 1. The van der Waals surface area contributed by atoms with E-state index in [0.29, 0.717) is 5.75 Å². The maximum absolute atomic E-state index is 15.4. The number of hydrogen-bond donors (Lipinski definition) is 3. The average molecular weight is 484 g/mol. The Morgan fingerprint density at radius 2 is 2.00 bits per heavy atom. The molecule has 1 aliphatic rings. The van der Waals surface area contributed by atoms with Crippen molar-refractivity contribution < 1.29 is 27.8 Å². The summed E-state index contributed by atoms with van der Waals surface area (Å²) in [6.07, 6.45) is -3.17. The molecule has 1 unspecified atom stereocenters. The van der Waals surface area contributed by atoms with E-state index in [0.717, 1.165) is 11.5 Å². The van der Waals surface area contributed by atoms with Crippen LogP contribution in [0, 0.1) is 5.92 Å². The van der Waals surface area contributed by atoms with Crippen molar-refractivity contribution in [3.63, 3.8) is 0 Å². The molecule has 0 amide bonds. The van der Waals surface area contributed by atoms with E-state index < -0.39 is 44.1 Å². The van der Waals surface area contributed by atoms with Crippen LogP contribution >= 0.6 is 7.75 Å². The number of para-hydroxylation sites is 1. The summed E-state index contributed by atoms with van der Waals surface area (Å²) >= 11 is 0. The van der Waals surface area contributed by atoms with Crippen molar-refractivity contribution in [2.75, 3.05) is 12.3 Å². The van der Waals surface area contributed by atoms with Crippen molar-refractivity contribution in [1.82, 2.24) is 14.6 Å². The zero-order valence-electron chi connectivity index (χ0n) is 18.9. The van der Waals surface area contributed by atoms with Crippen LogP contribution in [-0.2, 0) is 13.8 Å². The first-order valence-corrected chi connectivity index (χ1v) is 12.1. The van der Waals surface area contributed by atoms with Gasteiger partial charge in [0.05, 0.1) is 6.61 Å². The fraction of sp³-hybridized carbons (Fsp3) is 0.524. The Morgan fingerprint density at radius 1 is 1.33 bits per heavy atom. The highest BCUT2D eigenvalue weighted by atomic mass is 31.2. The topological polar surface area (TPSA) is 138 Å². The van der Waals surface area contributed by atoms with Crippen LogP contribution in [0.25, 0.3) is 0 Å². The van der Waals surface area contributed by atoms with Gasteiger partial charge in [0.2, 0.25) is 0 Å². The third-order valence-corrected chi connectivity index (χ3v) is 7.22. The SMILES string of the molecule is CC(C)[C@H](C)NP(=O)(OC[C@H]1O[C@@H](n2ccc(N)nc2=O)[C@](C)(F)[C@@H]1O)Oc1ccccc1. The van der Waals surface area contributed by atoms with E-state index in [1.54, 1.807) is 30.3 Å². The van der Waals surface area contributed by atoms with E-state index in [4.69, 9.17) is 19.5 Å². The molecule has 182 valence electrons. The lowest BCUT2D eigenvalue weighted by Gasteiger charge is -2.27. The van der Waals surface area contributed by atoms with Crippen LogP contribution in [0.3, 0.4) is 0 Å². The molecule has 1 saturated heterocycles. The van der Waals surface area contributed by atoms with Gasteiger partial charge in [-0.05, 0) is 38.0 Å². The fourth-order valence-electron chi connectivity index (χ4n) is 3.24. The van der Waals surface area contributed by atoms with Gasteiger partial charge in [0.25, 0.3) is 0 Å². The molecule has 4 N–H and O–H groups in total. The van der Waals surface area contributed by atoms with E-state index in [-0.39, 0.29) is 17.8 Å². The van der Waals surface area contributed by atoms with Crippen LogP contribution in [0.4, 0.5) is 10.2 Å². The average Bonchev–Trinajstić information content (AvgIpc) is 2.96. The lowest BCUT2D eigenvalue weighted by molar-refractivity contribution is -0.0592. The van der Waals surface area contributed by atoms with Crippen LogP contribution in [0.1, 0.15) is 33.9 Å². The lowest BCUT2D eigenvalue weighted by atomic mass is 9.98. The number of hydrogen-bond acceptors (Lipinski definition) is 8. The number of nitrogens with two attached hydrogens (primary N) is 1. The van der Waals surface area contributed by atoms with E-state index in [1.165, 1.54) is 12.3 Å². The summed E-state index contributed by atoms with van der Waals surface area (Å²) < 4.78 is 46.6. The second-order valence-corrected chi connectivity index (χ2v) is 10.2. The fourth-order valence-corrected chi connectivity index (χ4v) is 4.95. The second kappa shape index (κ2) is 9.90. The van der Waals surface area contributed by atoms with Gasteiger partial charge in [-0.15, -0.1) is 0 Å². The minimum absolute atomic E-state index is 0.0282. The van der Waals surface area contributed by atoms with Crippen LogP contribution < -0.4 is 21.0 Å². The summed E-state index contributed by atoms with van der Waals surface area (Å²) in [6.45, 7) is 6.34. The van der Waals surface area contributed by atoms with Crippen LogP contribution in [0.2, 0.25) is 0 Å². The monoisotopic (exact) mass is 484 g/mol. The van der Waals surface area contributed by atoms with E-state index in [9.17, 15) is 14.5 Å². The number of nitrogens with one attached hydrogen (secondary N) is 1. The normalized spacial score (nSPS) is 27.9. The van der Waals surface area contributed by atoms with Gasteiger partial charge in [0.1, 0.15) is 23.8 Å². The number of benzene rings is 1. The maximum atomic E-state index is 15.4. The summed E-state index contributed by atoms with van der Waals surface area (Å²) in [5.41, 5.74) is 2.29. The smallest absolute Gasteiger partial charge is 0.413 e. The molecule has 10 nitrogen and oxygen atoms in total. The van der Waals surface area contributed by atoms with Crippen molar-refractivity contribution in [2.45, 2.75) is 57.8 Å². The molecule has 1 aromatic heterocycles. The summed E-state index contributed by atoms with van der Waals surface area (Å²) in [5, 5.41) is 13.4. The highest BCUT2D eigenvalue weighted by Crippen LogP contribution is 2.47. The Labute approximate surface area is 191 Å². The number of aliphatic hydroxyl groups excluding tert-OH is 1. The molecular formula is C21H30FN4O6P. The van der Waals surface area contributed by atoms with Crippen LogP contribution in [0.5, 0.6) is 5.75 Å². The Morgan fingerprint density at radius 3 is 2.61 bits per heavy atom. The first-order chi connectivity index (χ1) is 15.4. The molecule has 12 heteroatoms. The molecular weight excluding hydrogens is 454 g/mol. The number of aromatic nitrogens is 2.